The standard InChI is InChI=1S/C17H25N3O3/c1-2-11-20(14-7-9-19-10-8-14)17(22)13-3-5-15(6-4-13)23-12-16(18)21/h3-6,14,19H,2,7-12H2,1H3,(H2,18,21). The second kappa shape index (κ2) is 8.53. The molecular formula is C17H25N3O3. The van der Waals surface area contributed by atoms with Gasteiger partial charge >= 0.3 is 0 Å². The maximum atomic E-state index is 12.8. The lowest BCUT2D eigenvalue weighted by atomic mass is 10.0. The molecule has 1 aromatic carbocycles. The molecular weight excluding hydrogens is 294 g/mol. The van der Waals surface area contributed by atoms with Gasteiger partial charge in [0.05, 0.1) is 0 Å². The van der Waals surface area contributed by atoms with Gasteiger partial charge in [-0.25, -0.2) is 0 Å². The molecule has 0 aliphatic carbocycles. The second-order valence-electron chi connectivity index (χ2n) is 5.76. The van der Waals surface area contributed by atoms with Crippen LogP contribution >= 0.6 is 0 Å². The van der Waals surface area contributed by atoms with Crippen LogP contribution in [-0.4, -0.2) is 49.0 Å². The summed E-state index contributed by atoms with van der Waals surface area (Å²) in [5.74, 6) is 0.0645. The Bertz CT molecular complexity index is 524. The molecule has 0 bridgehead atoms. The molecule has 1 fully saturated rings. The Morgan fingerprint density at radius 1 is 1.26 bits per heavy atom. The predicted octanol–water partition coefficient (Wildman–Crippen LogP) is 1.15. The molecule has 23 heavy (non-hydrogen) atoms. The molecule has 2 amide bonds. The molecule has 1 saturated heterocycles. The van der Waals surface area contributed by atoms with E-state index in [9.17, 15) is 9.59 Å². The van der Waals surface area contributed by atoms with Crippen LogP contribution in [0.2, 0.25) is 0 Å². The van der Waals surface area contributed by atoms with Gasteiger partial charge in [-0.05, 0) is 56.6 Å². The largest absolute Gasteiger partial charge is 0.484 e. The van der Waals surface area contributed by atoms with E-state index < -0.39 is 5.91 Å². The average molecular weight is 319 g/mol. The van der Waals surface area contributed by atoms with E-state index >= 15 is 0 Å². The summed E-state index contributed by atoms with van der Waals surface area (Å²) in [6.45, 7) is 4.60. The molecule has 6 heteroatoms. The van der Waals surface area contributed by atoms with E-state index in [4.69, 9.17) is 10.5 Å². The molecule has 0 spiro atoms. The van der Waals surface area contributed by atoms with E-state index in [1.165, 1.54) is 0 Å². The van der Waals surface area contributed by atoms with Gasteiger partial charge in [-0.1, -0.05) is 6.92 Å². The minimum Gasteiger partial charge on any atom is -0.484 e. The van der Waals surface area contributed by atoms with E-state index in [-0.39, 0.29) is 12.5 Å². The molecule has 3 N–H and O–H groups in total. The van der Waals surface area contributed by atoms with Gasteiger partial charge < -0.3 is 20.7 Å². The van der Waals surface area contributed by atoms with Crippen LogP contribution in [-0.2, 0) is 4.79 Å². The molecule has 1 aliphatic heterocycles. The van der Waals surface area contributed by atoms with Crippen LogP contribution in [0.3, 0.4) is 0 Å². The van der Waals surface area contributed by atoms with Crippen molar-refractivity contribution in [3.05, 3.63) is 29.8 Å². The number of nitrogens with one attached hydrogen (secondary N) is 1. The summed E-state index contributed by atoms with van der Waals surface area (Å²) in [6, 6.07) is 7.17. The molecule has 0 aromatic heterocycles. The number of carbonyl (C=O) groups excluding carboxylic acids is 2. The van der Waals surface area contributed by atoms with Crippen molar-refractivity contribution in [2.75, 3.05) is 26.2 Å². The molecule has 0 unspecified atom stereocenters. The van der Waals surface area contributed by atoms with Crippen LogP contribution in [0.1, 0.15) is 36.5 Å². The third-order valence-corrected chi connectivity index (χ3v) is 3.96. The monoisotopic (exact) mass is 319 g/mol. The van der Waals surface area contributed by atoms with Gasteiger partial charge in [0.25, 0.3) is 11.8 Å². The fourth-order valence-corrected chi connectivity index (χ4v) is 2.82. The lowest BCUT2D eigenvalue weighted by Gasteiger charge is -2.34. The minimum absolute atomic E-state index is 0.0557. The highest BCUT2D eigenvalue weighted by Crippen LogP contribution is 2.18. The van der Waals surface area contributed by atoms with Gasteiger partial charge in [-0.15, -0.1) is 0 Å². The van der Waals surface area contributed by atoms with Crippen molar-refractivity contribution in [3.8, 4) is 5.75 Å². The Balaban J connectivity index is 2.04. The average Bonchev–Trinajstić information content (AvgIpc) is 2.58. The van der Waals surface area contributed by atoms with Gasteiger partial charge in [-0.3, -0.25) is 9.59 Å². The maximum Gasteiger partial charge on any atom is 0.255 e. The summed E-state index contributed by atoms with van der Waals surface area (Å²) in [7, 11) is 0. The molecule has 1 aliphatic rings. The van der Waals surface area contributed by atoms with Gasteiger partial charge in [0.15, 0.2) is 6.61 Å². The molecule has 126 valence electrons. The van der Waals surface area contributed by atoms with Crippen LogP contribution in [0.15, 0.2) is 24.3 Å². The third-order valence-electron chi connectivity index (χ3n) is 3.96. The SMILES string of the molecule is CCCN(C(=O)c1ccc(OCC(N)=O)cc1)C1CCNCC1. The fourth-order valence-electron chi connectivity index (χ4n) is 2.82. The number of rotatable bonds is 7. The highest BCUT2D eigenvalue weighted by Gasteiger charge is 2.25. The number of ether oxygens (including phenoxy) is 1. The van der Waals surface area contributed by atoms with E-state index in [0.29, 0.717) is 17.4 Å². The third kappa shape index (κ3) is 4.96. The van der Waals surface area contributed by atoms with E-state index in [1.54, 1.807) is 24.3 Å². The Kier molecular flexibility index (Phi) is 6.40. The number of nitrogens with zero attached hydrogens (tertiary/aromatic N) is 1. The normalized spacial score (nSPS) is 15.2. The van der Waals surface area contributed by atoms with Crippen molar-refractivity contribution in [3.63, 3.8) is 0 Å². The highest BCUT2D eigenvalue weighted by atomic mass is 16.5. The van der Waals surface area contributed by atoms with Gasteiger partial charge in [-0.2, -0.15) is 0 Å². The van der Waals surface area contributed by atoms with Gasteiger partial charge in [0.1, 0.15) is 5.75 Å². The lowest BCUT2D eigenvalue weighted by Crippen LogP contribution is -2.46. The number of amides is 2. The maximum absolute atomic E-state index is 12.8. The zero-order chi connectivity index (χ0) is 16.7. The van der Waals surface area contributed by atoms with E-state index in [2.05, 4.69) is 12.2 Å². The van der Waals surface area contributed by atoms with Crippen LogP contribution in [0, 0.1) is 0 Å². The summed E-state index contributed by atoms with van der Waals surface area (Å²) in [5.41, 5.74) is 5.69. The molecule has 6 nitrogen and oxygen atoms in total. The smallest absolute Gasteiger partial charge is 0.255 e. The van der Waals surface area contributed by atoms with E-state index in [0.717, 1.165) is 38.9 Å². The van der Waals surface area contributed by atoms with Crippen molar-refractivity contribution in [2.45, 2.75) is 32.2 Å². The first kappa shape index (κ1) is 17.3. The molecule has 1 heterocycles. The Labute approximate surface area is 137 Å². The molecule has 2 rings (SSSR count). The Morgan fingerprint density at radius 3 is 2.48 bits per heavy atom. The second-order valence-corrected chi connectivity index (χ2v) is 5.76. The first-order valence-electron chi connectivity index (χ1n) is 8.14. The quantitative estimate of drug-likeness (QED) is 0.790. The van der Waals surface area contributed by atoms with Crippen molar-refractivity contribution in [2.24, 2.45) is 5.73 Å². The number of benzene rings is 1. The van der Waals surface area contributed by atoms with Crippen molar-refractivity contribution in [1.82, 2.24) is 10.2 Å². The number of hydrogen-bond donors (Lipinski definition) is 2. The number of piperidine rings is 1. The van der Waals surface area contributed by atoms with Crippen LogP contribution < -0.4 is 15.8 Å². The summed E-state index contributed by atoms with van der Waals surface area (Å²) in [6.07, 6.45) is 2.92. The number of carbonyl (C=O) groups is 2. The molecule has 0 atom stereocenters. The van der Waals surface area contributed by atoms with Gasteiger partial charge in [0, 0.05) is 18.2 Å². The summed E-state index contributed by atoms with van der Waals surface area (Å²) >= 11 is 0. The molecule has 0 radical (unpaired) electrons. The van der Waals surface area contributed by atoms with Crippen molar-refractivity contribution >= 4 is 11.8 Å². The number of hydrogen-bond acceptors (Lipinski definition) is 4. The highest BCUT2D eigenvalue weighted by molar-refractivity contribution is 5.94. The van der Waals surface area contributed by atoms with Crippen LogP contribution in [0.4, 0.5) is 0 Å². The zero-order valence-corrected chi connectivity index (χ0v) is 13.6. The molecule has 1 aromatic rings. The number of nitrogens with two attached hydrogens (primary N) is 1. The summed E-state index contributed by atoms with van der Waals surface area (Å²) in [5, 5.41) is 3.33. The molecule has 0 saturated carbocycles. The predicted molar refractivity (Wildman–Crippen MR) is 88.4 cm³/mol. The van der Waals surface area contributed by atoms with Crippen LogP contribution in [0.25, 0.3) is 0 Å². The fraction of sp³-hybridized carbons (Fsp3) is 0.529. The lowest BCUT2D eigenvalue weighted by molar-refractivity contribution is -0.119. The zero-order valence-electron chi connectivity index (χ0n) is 13.6. The Morgan fingerprint density at radius 2 is 1.91 bits per heavy atom. The topological polar surface area (TPSA) is 84.7 Å². The van der Waals surface area contributed by atoms with Crippen molar-refractivity contribution in [1.29, 1.82) is 0 Å². The van der Waals surface area contributed by atoms with Crippen LogP contribution in [0.5, 0.6) is 5.75 Å². The van der Waals surface area contributed by atoms with Gasteiger partial charge in [0.2, 0.25) is 0 Å². The summed E-state index contributed by atoms with van der Waals surface area (Å²) in [4.78, 5) is 25.5. The Hall–Kier alpha value is -2.08. The summed E-state index contributed by atoms with van der Waals surface area (Å²) < 4.78 is 5.22. The first-order valence-corrected chi connectivity index (χ1v) is 8.14. The minimum atomic E-state index is -0.523. The first-order chi connectivity index (χ1) is 11.1. The van der Waals surface area contributed by atoms with E-state index in [1.807, 2.05) is 4.90 Å². The van der Waals surface area contributed by atoms with Crippen molar-refractivity contribution < 1.29 is 14.3 Å². The number of primary amides is 1.